The molecular weight excluding hydrogens is 498 g/mol. The van der Waals surface area contributed by atoms with Crippen molar-refractivity contribution in [2.45, 2.75) is 56.8 Å². The maximum absolute atomic E-state index is 13.5. The molecule has 0 radical (unpaired) electrons. The van der Waals surface area contributed by atoms with E-state index in [1.807, 2.05) is 6.92 Å². The molecule has 9 heteroatoms. The maximum Gasteiger partial charge on any atom is 0.330 e. The van der Waals surface area contributed by atoms with Crippen LogP contribution < -0.4 is 0 Å². The third kappa shape index (κ3) is 7.88. The van der Waals surface area contributed by atoms with Gasteiger partial charge in [0.05, 0.1) is 31.2 Å². The van der Waals surface area contributed by atoms with Gasteiger partial charge in [0.1, 0.15) is 0 Å². The van der Waals surface area contributed by atoms with E-state index in [0.717, 1.165) is 5.56 Å². The highest BCUT2D eigenvalue weighted by molar-refractivity contribution is 9.12. The number of sulfonamides is 1. The molecule has 0 spiro atoms. The molecule has 1 atom stereocenters. The summed E-state index contributed by atoms with van der Waals surface area (Å²) in [6.07, 6.45) is 2.72. The van der Waals surface area contributed by atoms with Gasteiger partial charge in [-0.05, 0) is 42.0 Å². The van der Waals surface area contributed by atoms with Crippen LogP contribution in [-0.2, 0) is 24.0 Å². The van der Waals surface area contributed by atoms with E-state index in [1.165, 1.54) is 23.6 Å². The lowest BCUT2D eigenvalue weighted by molar-refractivity contribution is -0.134. The lowest BCUT2D eigenvalue weighted by Crippen LogP contribution is -2.47. The predicted molar refractivity (Wildman–Crippen MR) is 130 cm³/mol. The zero-order valence-corrected chi connectivity index (χ0v) is 22.6. The van der Waals surface area contributed by atoms with E-state index in [1.54, 1.807) is 24.3 Å². The Kier molecular flexibility index (Phi) is 10.2. The summed E-state index contributed by atoms with van der Waals surface area (Å²) in [7, 11) is -4.81. The van der Waals surface area contributed by atoms with Crippen LogP contribution in [0.4, 0.5) is 0 Å². The van der Waals surface area contributed by atoms with E-state index in [4.69, 9.17) is 4.43 Å². The molecule has 6 nitrogen and oxygen atoms in total. The molecule has 1 aromatic carbocycles. The topological polar surface area (TPSA) is 72.9 Å². The number of esters is 1. The van der Waals surface area contributed by atoms with Crippen molar-refractivity contribution >= 4 is 40.2 Å². The summed E-state index contributed by atoms with van der Waals surface area (Å²) in [6.45, 7) is 12.4. The van der Waals surface area contributed by atoms with Gasteiger partial charge in [-0.15, -0.1) is 0 Å². The van der Waals surface area contributed by atoms with Crippen LogP contribution in [0.15, 0.2) is 41.3 Å². The molecule has 172 valence electrons. The number of benzene rings is 1. The van der Waals surface area contributed by atoms with Crippen molar-refractivity contribution < 1.29 is 22.4 Å². The molecule has 1 unspecified atom stereocenters. The van der Waals surface area contributed by atoms with E-state index in [0.29, 0.717) is 0 Å². The van der Waals surface area contributed by atoms with Crippen LogP contribution in [0.5, 0.6) is 0 Å². The maximum atomic E-state index is 13.5. The fraction of sp³-hybridized carbons (Fsp3) is 0.500. The molecule has 0 amide bonds. The van der Waals surface area contributed by atoms with Gasteiger partial charge in [-0.3, -0.25) is 0 Å². The molecule has 0 aliphatic heterocycles. The zero-order chi connectivity index (χ0) is 23.9. The van der Waals surface area contributed by atoms with Crippen LogP contribution in [0.1, 0.15) is 26.3 Å². The summed E-state index contributed by atoms with van der Waals surface area (Å²) >= 11 is 3.03. The smallest absolute Gasteiger partial charge is 0.330 e. The second-order valence-electron chi connectivity index (χ2n) is 8.66. The minimum Gasteiger partial charge on any atom is -0.466 e. The lowest BCUT2D eigenvalue weighted by atomic mass is 10.2. The van der Waals surface area contributed by atoms with Gasteiger partial charge >= 0.3 is 5.97 Å². The standard InChI is InChI=1S/C22H32BrNO5SSi/c1-18-9-12-20(13-10-18)30(26,27)24(16-8-15-23)19(11-14-21(25)28-5)17-29-31(6,7)22(2,3)4/h9-14,19H,16-17H2,1-7H3/b14-11+. The van der Waals surface area contributed by atoms with Crippen LogP contribution in [0.25, 0.3) is 0 Å². The Morgan fingerprint density at radius 3 is 2.32 bits per heavy atom. The van der Waals surface area contributed by atoms with Crippen LogP contribution in [-0.4, -0.2) is 53.3 Å². The number of halogens is 1. The number of rotatable bonds is 9. The Hall–Kier alpha value is -1.44. The van der Waals surface area contributed by atoms with Crippen LogP contribution >= 0.6 is 15.9 Å². The predicted octanol–water partition coefficient (Wildman–Crippen LogP) is 4.46. The number of ether oxygens (including phenoxy) is 1. The average Bonchev–Trinajstić information content (AvgIpc) is 2.68. The highest BCUT2D eigenvalue weighted by atomic mass is 79.9. The summed E-state index contributed by atoms with van der Waals surface area (Å²) in [4.78, 5) is 14.4. The van der Waals surface area contributed by atoms with E-state index >= 15 is 0 Å². The minimum atomic E-state index is -3.91. The first-order chi connectivity index (χ1) is 14.3. The molecule has 0 saturated carbocycles. The molecule has 0 heterocycles. The Labute approximate surface area is 196 Å². The third-order valence-corrected chi connectivity index (χ3v) is 12.0. The number of aryl methyl sites for hydroxylation is 1. The highest BCUT2D eigenvalue weighted by Crippen LogP contribution is 2.37. The van der Waals surface area contributed by atoms with E-state index < -0.39 is 30.4 Å². The number of carbonyl (C=O) groups is 1. The molecule has 0 aromatic heterocycles. The summed E-state index contributed by atoms with van der Waals surface area (Å²) < 4.78 is 39.2. The summed E-state index contributed by atoms with van der Waals surface area (Å²) in [5.41, 5.74) is 0.953. The average molecular weight is 531 g/mol. The lowest BCUT2D eigenvalue weighted by Gasteiger charge is -2.38. The van der Waals surface area contributed by atoms with Crippen LogP contribution in [0, 0.1) is 17.7 Å². The van der Waals surface area contributed by atoms with Crippen molar-refractivity contribution in [3.63, 3.8) is 0 Å². The van der Waals surface area contributed by atoms with Gasteiger partial charge in [0.15, 0.2) is 8.32 Å². The molecule has 0 bridgehead atoms. The Balaban J connectivity index is 3.43. The Morgan fingerprint density at radius 2 is 1.84 bits per heavy atom. The molecule has 0 aliphatic carbocycles. The van der Waals surface area contributed by atoms with Crippen molar-refractivity contribution in [1.82, 2.24) is 4.31 Å². The molecule has 1 aromatic rings. The summed E-state index contributed by atoms with van der Waals surface area (Å²) in [6, 6.07) is 5.87. The quantitative estimate of drug-likeness (QED) is 0.204. The van der Waals surface area contributed by atoms with Crippen LogP contribution in [0.3, 0.4) is 0 Å². The summed E-state index contributed by atoms with van der Waals surface area (Å²) in [5.74, 6) is 2.19. The summed E-state index contributed by atoms with van der Waals surface area (Å²) in [5, 5.41) is -0.0556. The second kappa shape index (κ2) is 11.4. The van der Waals surface area contributed by atoms with Gasteiger partial charge in [0.2, 0.25) is 10.0 Å². The van der Waals surface area contributed by atoms with E-state index in [-0.39, 0.29) is 23.1 Å². The first-order valence-electron chi connectivity index (χ1n) is 9.83. The number of carbonyl (C=O) groups excluding carboxylic acids is 1. The largest absolute Gasteiger partial charge is 0.466 e. The Morgan fingerprint density at radius 1 is 1.26 bits per heavy atom. The van der Waals surface area contributed by atoms with Gasteiger partial charge in [-0.2, -0.15) is 4.31 Å². The van der Waals surface area contributed by atoms with Crippen molar-refractivity contribution in [2.24, 2.45) is 0 Å². The molecule has 0 saturated heterocycles. The molecule has 1 rings (SSSR count). The number of methoxy groups -OCH3 is 1. The van der Waals surface area contributed by atoms with Crippen molar-refractivity contribution in [2.75, 3.05) is 20.3 Å². The fourth-order valence-electron chi connectivity index (χ4n) is 2.34. The normalized spacial score (nSPS) is 13.7. The minimum absolute atomic E-state index is 0.0556. The van der Waals surface area contributed by atoms with Gasteiger partial charge < -0.3 is 9.16 Å². The van der Waals surface area contributed by atoms with Crippen molar-refractivity contribution in [3.05, 3.63) is 42.0 Å². The third-order valence-electron chi connectivity index (χ3n) is 5.38. The van der Waals surface area contributed by atoms with Gasteiger partial charge in [-0.25, -0.2) is 13.2 Å². The zero-order valence-electron chi connectivity index (χ0n) is 19.2. The SMILES string of the molecule is COC(=O)/C=C/C(CO[Si](C)(C)C(C)(C)C)N(CC#CBr)S(=O)(=O)c1ccc(C)cc1. The van der Waals surface area contributed by atoms with Gasteiger partial charge in [0, 0.05) is 22.0 Å². The number of hydrogen-bond donors (Lipinski definition) is 0. The molecule has 0 aliphatic rings. The first kappa shape index (κ1) is 27.6. The fourth-order valence-corrected chi connectivity index (χ4v) is 4.96. The van der Waals surface area contributed by atoms with E-state index in [9.17, 15) is 13.2 Å². The van der Waals surface area contributed by atoms with Gasteiger partial charge in [0.25, 0.3) is 0 Å². The molecule has 31 heavy (non-hydrogen) atoms. The number of nitrogens with zero attached hydrogens (tertiary/aromatic N) is 1. The monoisotopic (exact) mass is 529 g/mol. The number of hydrogen-bond acceptors (Lipinski definition) is 5. The first-order valence-corrected chi connectivity index (χ1v) is 15.0. The molecule has 0 N–H and O–H groups in total. The van der Waals surface area contributed by atoms with Crippen LogP contribution in [0.2, 0.25) is 18.1 Å². The van der Waals surface area contributed by atoms with Gasteiger partial charge in [-0.1, -0.05) is 50.5 Å². The Bertz CT molecular complexity index is 941. The highest BCUT2D eigenvalue weighted by Gasteiger charge is 2.39. The van der Waals surface area contributed by atoms with Crippen molar-refractivity contribution in [3.8, 4) is 10.8 Å². The second-order valence-corrected chi connectivity index (χ2v) is 15.8. The van der Waals surface area contributed by atoms with E-state index in [2.05, 4.69) is 65.3 Å². The molecular formula is C22H32BrNO5SSi. The molecule has 0 fully saturated rings. The van der Waals surface area contributed by atoms with Crippen molar-refractivity contribution in [1.29, 1.82) is 0 Å².